The average Bonchev–Trinajstić information content (AvgIpc) is 2.79. The maximum atomic E-state index is 4.31. The fourth-order valence-corrected chi connectivity index (χ4v) is 1.81. The molecule has 0 radical (unpaired) electrons. The van der Waals surface area contributed by atoms with Gasteiger partial charge in [0, 0.05) is 13.0 Å². The lowest BCUT2D eigenvalue weighted by Gasteiger charge is -2.17. The fourth-order valence-electron chi connectivity index (χ4n) is 1.81. The summed E-state index contributed by atoms with van der Waals surface area (Å²) in [5.74, 6) is 0. The number of fused-ring (bicyclic) bond motifs is 1. The molecule has 16 heavy (non-hydrogen) atoms. The van der Waals surface area contributed by atoms with Crippen molar-refractivity contribution >= 4 is 11.2 Å². The van der Waals surface area contributed by atoms with Crippen molar-refractivity contribution < 1.29 is 0 Å². The normalized spacial score (nSPS) is 11.4. The van der Waals surface area contributed by atoms with Gasteiger partial charge in [0.05, 0.1) is 12.0 Å². The molecular formula is C11H17N5. The van der Waals surface area contributed by atoms with Crippen LogP contribution in [0.3, 0.4) is 0 Å². The molecule has 0 aliphatic carbocycles. The highest BCUT2D eigenvalue weighted by Gasteiger charge is 2.07. The van der Waals surface area contributed by atoms with E-state index in [2.05, 4.69) is 38.7 Å². The van der Waals surface area contributed by atoms with Crippen LogP contribution in [-0.2, 0) is 6.42 Å². The molecule has 0 fully saturated rings. The van der Waals surface area contributed by atoms with Crippen molar-refractivity contribution in [1.29, 1.82) is 0 Å². The molecule has 0 saturated heterocycles. The molecule has 5 heteroatoms. The number of nitrogens with one attached hydrogen (secondary N) is 1. The summed E-state index contributed by atoms with van der Waals surface area (Å²) in [5, 5.41) is 0. The van der Waals surface area contributed by atoms with Crippen LogP contribution in [-0.4, -0.2) is 44.5 Å². The van der Waals surface area contributed by atoms with E-state index in [1.807, 2.05) is 0 Å². The van der Waals surface area contributed by atoms with Gasteiger partial charge in [0.15, 0.2) is 5.65 Å². The maximum Gasteiger partial charge on any atom is 0.180 e. The summed E-state index contributed by atoms with van der Waals surface area (Å²) < 4.78 is 0. The van der Waals surface area contributed by atoms with Crippen LogP contribution in [0.15, 0.2) is 12.7 Å². The molecule has 0 amide bonds. The molecule has 0 saturated carbocycles. The molecule has 5 nitrogen and oxygen atoms in total. The largest absolute Gasteiger partial charge is 0.342 e. The Hall–Kier alpha value is -1.49. The number of aromatic nitrogens is 4. The zero-order valence-electron chi connectivity index (χ0n) is 9.77. The first-order valence-electron chi connectivity index (χ1n) is 5.70. The van der Waals surface area contributed by atoms with Gasteiger partial charge in [-0.3, -0.25) is 0 Å². The van der Waals surface area contributed by atoms with E-state index in [9.17, 15) is 0 Å². The summed E-state index contributed by atoms with van der Waals surface area (Å²) >= 11 is 0. The number of nitrogens with zero attached hydrogens (tertiary/aromatic N) is 4. The molecule has 0 aliphatic rings. The predicted octanol–water partition coefficient (Wildman–Crippen LogP) is 1.24. The Bertz CT molecular complexity index is 446. The molecule has 0 aliphatic heterocycles. The first kappa shape index (κ1) is 11.0. The van der Waals surface area contributed by atoms with Crippen molar-refractivity contribution in [1.82, 2.24) is 24.8 Å². The summed E-state index contributed by atoms with van der Waals surface area (Å²) in [6.07, 6.45) is 4.18. The zero-order chi connectivity index (χ0) is 11.4. The number of H-pyrrole nitrogens is 1. The highest BCUT2D eigenvalue weighted by molar-refractivity contribution is 5.71. The number of aromatic amines is 1. The molecule has 0 bridgehead atoms. The van der Waals surface area contributed by atoms with Crippen molar-refractivity contribution in [2.75, 3.05) is 19.6 Å². The monoisotopic (exact) mass is 219 g/mol. The lowest BCUT2D eigenvalue weighted by molar-refractivity contribution is 0.307. The minimum atomic E-state index is 0.754. The molecule has 0 unspecified atom stereocenters. The molecule has 1 N–H and O–H groups in total. The number of imidazole rings is 1. The summed E-state index contributed by atoms with van der Waals surface area (Å²) in [6.45, 7) is 7.53. The second-order valence-electron chi connectivity index (χ2n) is 3.70. The molecule has 2 aromatic rings. The average molecular weight is 219 g/mol. The summed E-state index contributed by atoms with van der Waals surface area (Å²) in [7, 11) is 0. The van der Waals surface area contributed by atoms with Crippen LogP contribution in [0, 0.1) is 0 Å². The van der Waals surface area contributed by atoms with E-state index in [1.54, 1.807) is 12.7 Å². The van der Waals surface area contributed by atoms with Crippen molar-refractivity contribution in [2.24, 2.45) is 0 Å². The maximum absolute atomic E-state index is 4.31. The molecule has 0 aromatic carbocycles. The number of rotatable bonds is 5. The van der Waals surface area contributed by atoms with Gasteiger partial charge < -0.3 is 9.88 Å². The van der Waals surface area contributed by atoms with E-state index in [1.165, 1.54) is 0 Å². The Balaban J connectivity index is 2.11. The van der Waals surface area contributed by atoms with Crippen LogP contribution in [0.5, 0.6) is 0 Å². The smallest absolute Gasteiger partial charge is 0.180 e. The Morgan fingerprint density at radius 3 is 2.75 bits per heavy atom. The third-order valence-electron chi connectivity index (χ3n) is 2.86. The molecule has 2 rings (SSSR count). The third-order valence-corrected chi connectivity index (χ3v) is 2.86. The van der Waals surface area contributed by atoms with Gasteiger partial charge in [0.1, 0.15) is 11.8 Å². The van der Waals surface area contributed by atoms with Gasteiger partial charge in [-0.25, -0.2) is 15.0 Å². The molecular weight excluding hydrogens is 202 g/mol. The van der Waals surface area contributed by atoms with Gasteiger partial charge in [0.25, 0.3) is 0 Å². The van der Waals surface area contributed by atoms with E-state index in [4.69, 9.17) is 0 Å². The Morgan fingerprint density at radius 1 is 1.19 bits per heavy atom. The van der Waals surface area contributed by atoms with Crippen molar-refractivity contribution in [2.45, 2.75) is 20.3 Å². The Kier molecular flexibility index (Phi) is 3.46. The first-order valence-corrected chi connectivity index (χ1v) is 5.70. The molecule has 0 spiro atoms. The first-order chi connectivity index (χ1) is 7.85. The van der Waals surface area contributed by atoms with Crippen molar-refractivity contribution in [3.05, 3.63) is 18.3 Å². The second kappa shape index (κ2) is 5.03. The Morgan fingerprint density at radius 2 is 2.00 bits per heavy atom. The van der Waals surface area contributed by atoms with E-state index in [0.717, 1.165) is 42.9 Å². The van der Waals surface area contributed by atoms with Crippen LogP contribution in [0.4, 0.5) is 0 Å². The summed E-state index contributed by atoms with van der Waals surface area (Å²) in [5.41, 5.74) is 2.77. The van der Waals surface area contributed by atoms with Crippen LogP contribution in [0.1, 0.15) is 19.5 Å². The molecule has 2 heterocycles. The van der Waals surface area contributed by atoms with Gasteiger partial charge in [-0.1, -0.05) is 13.8 Å². The van der Waals surface area contributed by atoms with Crippen LogP contribution in [0.2, 0.25) is 0 Å². The van der Waals surface area contributed by atoms with Crippen LogP contribution < -0.4 is 0 Å². The molecule has 0 atom stereocenters. The highest BCUT2D eigenvalue weighted by Crippen LogP contribution is 2.10. The minimum absolute atomic E-state index is 0.754. The lowest BCUT2D eigenvalue weighted by Crippen LogP contribution is -2.25. The van der Waals surface area contributed by atoms with E-state index in [0.29, 0.717) is 0 Å². The van der Waals surface area contributed by atoms with E-state index >= 15 is 0 Å². The number of hydrogen-bond donors (Lipinski definition) is 1. The van der Waals surface area contributed by atoms with E-state index in [-0.39, 0.29) is 0 Å². The fraction of sp³-hybridized carbons (Fsp3) is 0.545. The number of likely N-dealkylation sites (N-methyl/N-ethyl adjacent to an activating group) is 1. The van der Waals surface area contributed by atoms with Gasteiger partial charge in [-0.2, -0.15) is 0 Å². The van der Waals surface area contributed by atoms with Gasteiger partial charge in [-0.15, -0.1) is 0 Å². The quantitative estimate of drug-likeness (QED) is 0.822. The summed E-state index contributed by atoms with van der Waals surface area (Å²) in [4.78, 5) is 18.0. The van der Waals surface area contributed by atoms with E-state index < -0.39 is 0 Å². The van der Waals surface area contributed by atoms with Crippen molar-refractivity contribution in [3.8, 4) is 0 Å². The topological polar surface area (TPSA) is 57.7 Å². The third kappa shape index (κ3) is 2.19. The lowest BCUT2D eigenvalue weighted by atomic mass is 10.2. The highest BCUT2D eigenvalue weighted by atomic mass is 15.1. The Labute approximate surface area is 94.9 Å². The second-order valence-corrected chi connectivity index (χ2v) is 3.70. The minimum Gasteiger partial charge on any atom is -0.342 e. The standard InChI is InChI=1S/C11H17N5/c1-3-16(4-2)6-5-9-10-11(14-7-12-9)15-8-13-10/h7-8H,3-6H2,1-2H3,(H,12,13,14,15). The van der Waals surface area contributed by atoms with Crippen molar-refractivity contribution in [3.63, 3.8) is 0 Å². The van der Waals surface area contributed by atoms with Crippen LogP contribution in [0.25, 0.3) is 11.2 Å². The van der Waals surface area contributed by atoms with Gasteiger partial charge in [0.2, 0.25) is 0 Å². The zero-order valence-corrected chi connectivity index (χ0v) is 9.77. The number of hydrogen-bond acceptors (Lipinski definition) is 4. The SMILES string of the molecule is CCN(CC)CCc1ncnc2nc[nH]c12. The summed E-state index contributed by atoms with van der Waals surface area (Å²) in [6, 6.07) is 0. The molecule has 2 aromatic heterocycles. The predicted molar refractivity (Wildman–Crippen MR) is 63.2 cm³/mol. The molecule has 86 valence electrons. The van der Waals surface area contributed by atoms with Gasteiger partial charge in [-0.05, 0) is 13.1 Å². The van der Waals surface area contributed by atoms with Gasteiger partial charge >= 0.3 is 0 Å². The van der Waals surface area contributed by atoms with Crippen LogP contribution >= 0.6 is 0 Å².